The number of hydrogen-bond donors (Lipinski definition) is 2. The van der Waals surface area contributed by atoms with Gasteiger partial charge >= 0.3 is 0 Å². The van der Waals surface area contributed by atoms with E-state index in [0.29, 0.717) is 6.42 Å². The van der Waals surface area contributed by atoms with E-state index in [0.717, 1.165) is 24.0 Å². The second-order valence-corrected chi connectivity index (χ2v) is 9.28. The lowest BCUT2D eigenvalue weighted by atomic mass is 9.51. The van der Waals surface area contributed by atoms with Gasteiger partial charge in [0.2, 0.25) is 0 Å². The van der Waals surface area contributed by atoms with E-state index in [1.807, 2.05) is 6.08 Å². The van der Waals surface area contributed by atoms with E-state index < -0.39 is 18.9 Å². The van der Waals surface area contributed by atoms with Gasteiger partial charge in [-0.25, -0.2) is 4.39 Å². The number of aliphatic hydroxyl groups is 2. The molecule has 3 nitrogen and oxygen atoms in total. The van der Waals surface area contributed by atoms with Crippen molar-refractivity contribution in [2.24, 2.45) is 34.5 Å². The van der Waals surface area contributed by atoms with Crippen molar-refractivity contribution in [2.45, 2.75) is 52.3 Å². The molecule has 4 aliphatic rings. The number of rotatable bonds is 2. The fourth-order valence-electron chi connectivity index (χ4n) is 6.72. The topological polar surface area (TPSA) is 57.5 Å². The summed E-state index contributed by atoms with van der Waals surface area (Å²) in [5.74, 6) is -0.201. The van der Waals surface area contributed by atoms with E-state index in [9.17, 15) is 15.0 Å². The van der Waals surface area contributed by atoms with E-state index >= 15 is 4.39 Å². The predicted molar refractivity (Wildman–Crippen MR) is 98.0 cm³/mol. The number of carbonyl (C=O) groups is 1. The van der Waals surface area contributed by atoms with Gasteiger partial charge in [-0.05, 0) is 37.0 Å². The first-order chi connectivity index (χ1) is 12.2. The lowest BCUT2D eigenvalue weighted by molar-refractivity contribution is -0.131. The summed E-state index contributed by atoms with van der Waals surface area (Å²) in [5.41, 5.74) is 1.49. The molecule has 2 saturated carbocycles. The van der Waals surface area contributed by atoms with Crippen molar-refractivity contribution in [1.29, 1.82) is 0 Å². The van der Waals surface area contributed by atoms with Crippen LogP contribution in [0.2, 0.25) is 0 Å². The maximum absolute atomic E-state index is 15.4. The largest absolute Gasteiger partial charge is 0.389 e. The number of carbonyl (C=O) groups excluding carboxylic acids is 1. The second-order valence-electron chi connectivity index (χ2n) is 9.28. The summed E-state index contributed by atoms with van der Waals surface area (Å²) in [6.45, 7) is 5.89. The maximum Gasteiger partial charge on any atom is 0.162 e. The number of halogens is 1. The van der Waals surface area contributed by atoms with Crippen molar-refractivity contribution >= 4 is 5.78 Å². The summed E-state index contributed by atoms with van der Waals surface area (Å²) in [6, 6.07) is 0. The van der Waals surface area contributed by atoms with E-state index in [1.54, 1.807) is 12.2 Å². The number of Topliss-reactive ketones (excluding diaryl/α,β-unsaturated/α-hetero) is 1. The molecule has 0 radical (unpaired) electrons. The summed E-state index contributed by atoms with van der Waals surface area (Å²) in [5, 5.41) is 19.4. The Bertz CT molecular complexity index is 723. The fraction of sp³-hybridized carbons (Fsp3) is 0.682. The normalized spacial score (nSPS) is 49.6. The Kier molecular flexibility index (Phi) is 4.09. The van der Waals surface area contributed by atoms with Gasteiger partial charge in [-0.15, -0.1) is 0 Å². The number of fused-ring (bicyclic) bond motifs is 5. The van der Waals surface area contributed by atoms with Crippen LogP contribution >= 0.6 is 0 Å². The van der Waals surface area contributed by atoms with Crippen molar-refractivity contribution in [3.05, 3.63) is 35.5 Å². The van der Waals surface area contributed by atoms with Gasteiger partial charge in [0.25, 0.3) is 0 Å². The number of hydrogen-bond acceptors (Lipinski definition) is 3. The molecule has 0 heterocycles. The molecule has 0 aromatic rings. The van der Waals surface area contributed by atoms with Crippen LogP contribution in [0.15, 0.2) is 35.5 Å². The van der Waals surface area contributed by atoms with Crippen molar-refractivity contribution in [1.82, 2.24) is 0 Å². The summed E-state index contributed by atoms with van der Waals surface area (Å²) in [6.07, 6.45) is 8.10. The third-order valence-electron chi connectivity index (χ3n) is 7.88. The quantitative estimate of drug-likeness (QED) is 0.742. The first-order valence-corrected chi connectivity index (χ1v) is 9.79. The standard InChI is InChI=1S/C22H29FO3/c1-12-8-16-19-15(5-7-22(16,3)20(12)18(26)11-24)21(2)6-4-14(25)9-13(21)10-17(19)23/h4-6,9,12,14,16-17,19-20,24-25H,7-8,10-11H2,1-3H3/t12-,14?,16?,17?,19?,20+,21-,22-/m0/s1. The Balaban J connectivity index is 1.78. The van der Waals surface area contributed by atoms with E-state index in [1.165, 1.54) is 0 Å². The summed E-state index contributed by atoms with van der Waals surface area (Å²) < 4.78 is 15.4. The fourth-order valence-corrected chi connectivity index (χ4v) is 6.72. The van der Waals surface area contributed by atoms with Gasteiger partial charge in [0.05, 0.1) is 6.10 Å². The van der Waals surface area contributed by atoms with Crippen LogP contribution in [0.25, 0.3) is 0 Å². The average Bonchev–Trinajstić information content (AvgIpc) is 2.86. The Morgan fingerprint density at radius 3 is 2.81 bits per heavy atom. The zero-order valence-electron chi connectivity index (χ0n) is 15.8. The monoisotopic (exact) mass is 360 g/mol. The van der Waals surface area contributed by atoms with Crippen molar-refractivity contribution in [3.63, 3.8) is 0 Å². The van der Waals surface area contributed by atoms with Gasteiger partial charge in [-0.3, -0.25) is 4.79 Å². The van der Waals surface area contributed by atoms with Gasteiger partial charge in [0.15, 0.2) is 5.78 Å². The second kappa shape index (κ2) is 5.87. The van der Waals surface area contributed by atoms with Crippen LogP contribution < -0.4 is 0 Å². The van der Waals surface area contributed by atoms with Crippen LogP contribution in [0.1, 0.15) is 40.0 Å². The van der Waals surface area contributed by atoms with Gasteiger partial charge in [0, 0.05) is 23.7 Å². The molecule has 142 valence electrons. The highest BCUT2D eigenvalue weighted by Gasteiger charge is 2.61. The minimum atomic E-state index is -0.987. The molecule has 0 spiro atoms. The number of ketones is 1. The molecule has 4 rings (SSSR count). The molecule has 2 N–H and O–H groups in total. The molecular formula is C22H29FO3. The molecular weight excluding hydrogens is 331 g/mol. The van der Waals surface area contributed by atoms with Crippen LogP contribution in [0, 0.1) is 34.5 Å². The highest BCUT2D eigenvalue weighted by Crippen LogP contribution is 2.65. The molecule has 0 amide bonds. The molecule has 0 bridgehead atoms. The van der Waals surface area contributed by atoms with Crippen LogP contribution in [-0.2, 0) is 4.79 Å². The Morgan fingerprint density at radius 1 is 1.38 bits per heavy atom. The molecule has 26 heavy (non-hydrogen) atoms. The molecule has 4 aliphatic carbocycles. The van der Waals surface area contributed by atoms with Gasteiger partial charge in [0.1, 0.15) is 12.8 Å². The lowest BCUT2D eigenvalue weighted by Crippen LogP contribution is -2.49. The van der Waals surface area contributed by atoms with Crippen LogP contribution in [0.4, 0.5) is 4.39 Å². The zero-order chi connectivity index (χ0) is 18.9. The van der Waals surface area contributed by atoms with E-state index in [-0.39, 0.29) is 40.3 Å². The van der Waals surface area contributed by atoms with Gasteiger partial charge in [-0.1, -0.05) is 49.3 Å². The summed E-state index contributed by atoms with van der Waals surface area (Å²) in [7, 11) is 0. The molecule has 0 aliphatic heterocycles. The zero-order valence-corrected chi connectivity index (χ0v) is 15.8. The summed E-state index contributed by atoms with van der Waals surface area (Å²) >= 11 is 0. The first kappa shape index (κ1) is 18.1. The maximum atomic E-state index is 15.4. The Morgan fingerprint density at radius 2 is 2.12 bits per heavy atom. The van der Waals surface area contributed by atoms with Crippen molar-refractivity contribution in [2.75, 3.05) is 6.61 Å². The van der Waals surface area contributed by atoms with E-state index in [2.05, 4.69) is 26.8 Å². The number of allylic oxidation sites excluding steroid dienone is 4. The number of alkyl halides is 1. The highest BCUT2D eigenvalue weighted by atomic mass is 19.1. The predicted octanol–water partition coefficient (Wildman–Crippen LogP) is 3.38. The van der Waals surface area contributed by atoms with Crippen LogP contribution in [0.3, 0.4) is 0 Å². The highest BCUT2D eigenvalue weighted by molar-refractivity contribution is 5.83. The third kappa shape index (κ3) is 2.27. The first-order valence-electron chi connectivity index (χ1n) is 9.79. The Hall–Kier alpha value is -1.26. The number of aliphatic hydroxyl groups excluding tert-OH is 2. The van der Waals surface area contributed by atoms with E-state index in [4.69, 9.17) is 0 Å². The summed E-state index contributed by atoms with van der Waals surface area (Å²) in [4.78, 5) is 12.4. The van der Waals surface area contributed by atoms with Gasteiger partial charge < -0.3 is 10.2 Å². The molecule has 0 saturated heterocycles. The van der Waals surface area contributed by atoms with Crippen molar-refractivity contribution < 1.29 is 19.4 Å². The molecule has 4 unspecified atom stereocenters. The van der Waals surface area contributed by atoms with Crippen molar-refractivity contribution in [3.8, 4) is 0 Å². The molecule has 2 fully saturated rings. The third-order valence-corrected chi connectivity index (χ3v) is 7.88. The molecule has 0 aromatic heterocycles. The molecule has 4 heteroatoms. The minimum absolute atomic E-state index is 0.0990. The van der Waals surface area contributed by atoms with Crippen LogP contribution in [-0.4, -0.2) is 34.9 Å². The Labute approximate surface area is 154 Å². The average molecular weight is 360 g/mol. The lowest BCUT2D eigenvalue weighted by Gasteiger charge is -2.53. The SMILES string of the molecule is C[C@H]1CC2C3C(=CC[C@]2(C)[C@H]1C(=O)CO)[C@@]1(C)C=CC(O)C=C1CC3F. The van der Waals surface area contributed by atoms with Gasteiger partial charge in [-0.2, -0.15) is 0 Å². The minimum Gasteiger partial charge on any atom is -0.389 e. The smallest absolute Gasteiger partial charge is 0.162 e. The molecule has 8 atom stereocenters. The van der Waals surface area contributed by atoms with Crippen LogP contribution in [0.5, 0.6) is 0 Å². The molecule has 0 aromatic carbocycles.